The van der Waals surface area contributed by atoms with Gasteiger partial charge in [0.05, 0.1) is 11.3 Å². The second kappa shape index (κ2) is 9.37. The van der Waals surface area contributed by atoms with Crippen LogP contribution in [0.5, 0.6) is 5.75 Å². The lowest BCUT2D eigenvalue weighted by Crippen LogP contribution is -2.40. The van der Waals surface area contributed by atoms with Crippen LogP contribution in [-0.4, -0.2) is 46.6 Å². The number of hydrogen-bond donors (Lipinski definition) is 1. The lowest BCUT2D eigenvalue weighted by atomic mass is 10.1. The second-order valence-electron chi connectivity index (χ2n) is 9.64. The first-order valence-electron chi connectivity index (χ1n) is 11.5. The zero-order valence-electron chi connectivity index (χ0n) is 20.3. The summed E-state index contributed by atoms with van der Waals surface area (Å²) in [4.78, 5) is 31.6. The normalized spacial score (nSPS) is 16.0. The topological polar surface area (TPSA) is 93.9 Å². The second-order valence-corrected chi connectivity index (χ2v) is 9.64. The highest BCUT2D eigenvalue weighted by molar-refractivity contribution is 6.07. The van der Waals surface area contributed by atoms with Crippen LogP contribution in [0.25, 0.3) is 11.0 Å². The molecule has 3 heterocycles. The molecule has 1 aromatic carbocycles. The number of likely N-dealkylation sites (tertiary alicyclic amines) is 1. The average molecular weight is 466 g/mol. The summed E-state index contributed by atoms with van der Waals surface area (Å²) in [5.41, 5.74) is 2.30. The summed E-state index contributed by atoms with van der Waals surface area (Å²) in [7, 11) is 0. The van der Waals surface area contributed by atoms with Gasteiger partial charge >= 0.3 is 6.09 Å². The van der Waals surface area contributed by atoms with Gasteiger partial charge in [0, 0.05) is 30.2 Å². The summed E-state index contributed by atoms with van der Waals surface area (Å²) in [6.45, 7) is 10.5. The number of nitrogens with one attached hydrogen (secondary N) is 1. The number of carbonyl (C=O) groups is 2. The van der Waals surface area contributed by atoms with Gasteiger partial charge in [0.1, 0.15) is 29.3 Å². The molecule has 2 amide bonds. The highest BCUT2D eigenvalue weighted by Gasteiger charge is 2.31. The van der Waals surface area contributed by atoms with Gasteiger partial charge in [-0.25, -0.2) is 4.79 Å². The maximum absolute atomic E-state index is 13.2. The molecular weight excluding hydrogens is 434 g/mol. The van der Waals surface area contributed by atoms with Crippen molar-refractivity contribution in [3.8, 4) is 5.75 Å². The first-order chi connectivity index (χ1) is 16.1. The molecule has 34 heavy (non-hydrogen) atoms. The molecule has 0 aliphatic carbocycles. The number of rotatable bonds is 5. The number of aryl methyl sites for hydroxylation is 2. The molecule has 2 aromatic heterocycles. The van der Waals surface area contributed by atoms with Crippen molar-refractivity contribution >= 4 is 23.0 Å². The van der Waals surface area contributed by atoms with E-state index < -0.39 is 5.60 Å². The first-order valence-corrected chi connectivity index (χ1v) is 11.5. The minimum Gasteiger partial charge on any atom is -0.487 e. The summed E-state index contributed by atoms with van der Waals surface area (Å²) >= 11 is 0. The van der Waals surface area contributed by atoms with Crippen molar-refractivity contribution in [1.82, 2.24) is 15.2 Å². The van der Waals surface area contributed by atoms with Crippen LogP contribution in [0.2, 0.25) is 0 Å². The number of nitrogens with zero attached hydrogens (tertiary/aromatic N) is 2. The molecule has 8 heteroatoms. The molecule has 1 N–H and O–H groups in total. The molecule has 180 valence electrons. The Bertz CT molecular complexity index is 1210. The van der Waals surface area contributed by atoms with Crippen LogP contribution >= 0.6 is 0 Å². The van der Waals surface area contributed by atoms with Gasteiger partial charge in [-0.15, -0.1) is 0 Å². The van der Waals surface area contributed by atoms with E-state index in [0.717, 1.165) is 11.4 Å². The summed E-state index contributed by atoms with van der Waals surface area (Å²) in [6, 6.07) is 11.1. The SMILES string of the molecule is Cc1cccc(COc2ccc3oc(C)c(C(=O)N[C@H]4CCN(C(=O)OC(C)(C)C)C4)c3c2)n1. The Labute approximate surface area is 199 Å². The zero-order valence-corrected chi connectivity index (χ0v) is 20.3. The van der Waals surface area contributed by atoms with Gasteiger partial charge in [-0.3, -0.25) is 9.78 Å². The van der Waals surface area contributed by atoms with Gasteiger partial charge in [-0.2, -0.15) is 0 Å². The van der Waals surface area contributed by atoms with Crippen LogP contribution in [0.3, 0.4) is 0 Å². The van der Waals surface area contributed by atoms with E-state index in [-0.39, 0.29) is 18.0 Å². The number of benzene rings is 1. The third-order valence-electron chi connectivity index (χ3n) is 5.57. The number of aromatic nitrogens is 1. The smallest absolute Gasteiger partial charge is 0.410 e. The fraction of sp³-hybridized carbons (Fsp3) is 0.423. The molecule has 8 nitrogen and oxygen atoms in total. The Hall–Kier alpha value is -3.55. The molecule has 0 spiro atoms. The van der Waals surface area contributed by atoms with E-state index in [9.17, 15) is 9.59 Å². The molecule has 1 aliphatic heterocycles. The van der Waals surface area contributed by atoms with E-state index in [1.165, 1.54) is 0 Å². The molecule has 4 rings (SSSR count). The molecule has 0 saturated carbocycles. The summed E-state index contributed by atoms with van der Waals surface area (Å²) in [5, 5.41) is 3.73. The minimum absolute atomic E-state index is 0.156. The molecular formula is C26H31N3O5. The lowest BCUT2D eigenvalue weighted by molar-refractivity contribution is 0.0290. The number of hydrogen-bond acceptors (Lipinski definition) is 6. The lowest BCUT2D eigenvalue weighted by Gasteiger charge is -2.24. The van der Waals surface area contributed by atoms with E-state index in [2.05, 4.69) is 10.3 Å². The Morgan fingerprint density at radius 2 is 2.00 bits per heavy atom. The molecule has 1 aliphatic rings. The van der Waals surface area contributed by atoms with Crippen LogP contribution in [0.15, 0.2) is 40.8 Å². The molecule has 0 radical (unpaired) electrons. The van der Waals surface area contributed by atoms with Gasteiger partial charge in [-0.05, 0) is 71.4 Å². The minimum atomic E-state index is -0.555. The fourth-order valence-corrected chi connectivity index (χ4v) is 4.04. The molecule has 1 saturated heterocycles. The fourth-order valence-electron chi connectivity index (χ4n) is 4.04. The monoisotopic (exact) mass is 465 g/mol. The quantitative estimate of drug-likeness (QED) is 0.584. The maximum atomic E-state index is 13.2. The summed E-state index contributed by atoms with van der Waals surface area (Å²) < 4.78 is 17.2. The number of carbonyl (C=O) groups excluding carboxylic acids is 2. The standard InChI is InChI=1S/C26H31N3O5/c1-16-7-6-8-19(27-16)15-32-20-9-10-22-21(13-20)23(17(2)33-22)24(30)28-18-11-12-29(14-18)25(31)34-26(3,4)5/h6-10,13,18H,11-12,14-15H2,1-5H3,(H,28,30)/t18-/m0/s1. The van der Waals surface area contributed by atoms with Crippen molar-refractivity contribution in [3.63, 3.8) is 0 Å². The van der Waals surface area contributed by atoms with Crippen molar-refractivity contribution < 1.29 is 23.5 Å². The van der Waals surface area contributed by atoms with Gasteiger partial charge in [-0.1, -0.05) is 6.07 Å². The molecule has 1 fully saturated rings. The van der Waals surface area contributed by atoms with E-state index in [1.807, 2.05) is 58.0 Å². The van der Waals surface area contributed by atoms with Crippen molar-refractivity contribution in [1.29, 1.82) is 0 Å². The average Bonchev–Trinajstić information content (AvgIpc) is 3.34. The van der Waals surface area contributed by atoms with E-state index in [4.69, 9.17) is 13.9 Å². The van der Waals surface area contributed by atoms with Gasteiger partial charge in [0.25, 0.3) is 5.91 Å². The number of ether oxygens (including phenoxy) is 2. The van der Waals surface area contributed by atoms with Crippen LogP contribution in [0.4, 0.5) is 4.79 Å². The maximum Gasteiger partial charge on any atom is 0.410 e. The third kappa shape index (κ3) is 5.50. The predicted molar refractivity (Wildman–Crippen MR) is 128 cm³/mol. The van der Waals surface area contributed by atoms with Crippen molar-refractivity contribution in [2.75, 3.05) is 13.1 Å². The van der Waals surface area contributed by atoms with Crippen molar-refractivity contribution in [2.45, 2.75) is 59.3 Å². The highest BCUT2D eigenvalue weighted by atomic mass is 16.6. The summed E-state index contributed by atoms with van der Waals surface area (Å²) in [5.74, 6) is 0.930. The number of amides is 2. The van der Waals surface area contributed by atoms with Crippen LogP contribution in [0, 0.1) is 13.8 Å². The van der Waals surface area contributed by atoms with Crippen LogP contribution in [0.1, 0.15) is 54.7 Å². The Morgan fingerprint density at radius 3 is 2.74 bits per heavy atom. The van der Waals surface area contributed by atoms with E-state index in [1.54, 1.807) is 17.9 Å². The molecule has 3 aromatic rings. The zero-order chi connectivity index (χ0) is 24.5. The molecule has 0 unspecified atom stereocenters. The van der Waals surface area contributed by atoms with Crippen molar-refractivity contribution in [2.24, 2.45) is 0 Å². The Balaban J connectivity index is 1.44. The first kappa shape index (κ1) is 23.6. The number of furan rings is 1. The Kier molecular flexibility index (Phi) is 6.50. The number of fused-ring (bicyclic) bond motifs is 1. The molecule has 0 bridgehead atoms. The predicted octanol–water partition coefficient (Wildman–Crippen LogP) is 4.76. The van der Waals surface area contributed by atoms with Gasteiger partial charge < -0.3 is 24.1 Å². The number of pyridine rings is 1. The van der Waals surface area contributed by atoms with Crippen molar-refractivity contribution in [3.05, 3.63) is 59.1 Å². The Morgan fingerprint density at radius 1 is 1.21 bits per heavy atom. The van der Waals surface area contributed by atoms with Crippen LogP contribution in [-0.2, 0) is 11.3 Å². The van der Waals surface area contributed by atoms with E-state index in [0.29, 0.717) is 54.2 Å². The largest absolute Gasteiger partial charge is 0.487 e. The van der Waals surface area contributed by atoms with Crippen LogP contribution < -0.4 is 10.1 Å². The van der Waals surface area contributed by atoms with Gasteiger partial charge in [0.2, 0.25) is 0 Å². The molecule has 1 atom stereocenters. The summed E-state index contributed by atoms with van der Waals surface area (Å²) in [6.07, 6.45) is 0.302. The van der Waals surface area contributed by atoms with E-state index >= 15 is 0 Å². The highest BCUT2D eigenvalue weighted by Crippen LogP contribution is 2.30. The third-order valence-corrected chi connectivity index (χ3v) is 5.57. The van der Waals surface area contributed by atoms with Gasteiger partial charge in [0.15, 0.2) is 0 Å².